The summed E-state index contributed by atoms with van der Waals surface area (Å²) in [4.78, 5) is 22.5. The van der Waals surface area contributed by atoms with Crippen molar-refractivity contribution < 1.29 is 9.53 Å². The first-order valence-electron chi connectivity index (χ1n) is 11.2. The molecule has 0 aliphatic rings. The average molecular weight is 476 g/mol. The fourth-order valence-electron chi connectivity index (χ4n) is 3.44. The van der Waals surface area contributed by atoms with Gasteiger partial charge in [0.05, 0.1) is 16.8 Å². The van der Waals surface area contributed by atoms with Crippen LogP contribution >= 0.6 is 23.7 Å². The second kappa shape index (κ2) is 12.8. The molecule has 0 N–H and O–H groups in total. The molecule has 3 aromatic rings. The van der Waals surface area contributed by atoms with Gasteiger partial charge in [-0.25, -0.2) is 4.98 Å². The molecule has 0 saturated heterocycles. The summed E-state index contributed by atoms with van der Waals surface area (Å²) in [6.45, 7) is 12.5. The number of amides is 1. The normalized spacial score (nSPS) is 10.9. The summed E-state index contributed by atoms with van der Waals surface area (Å²) < 4.78 is 6.85. The smallest absolute Gasteiger partial charge is 0.260 e. The molecule has 7 heteroatoms. The van der Waals surface area contributed by atoms with Gasteiger partial charge in [0.25, 0.3) is 5.91 Å². The van der Waals surface area contributed by atoms with E-state index in [4.69, 9.17) is 9.72 Å². The Hall–Kier alpha value is -2.15. The van der Waals surface area contributed by atoms with Gasteiger partial charge in [-0.05, 0) is 62.3 Å². The molecule has 0 aliphatic carbocycles. The van der Waals surface area contributed by atoms with Crippen LogP contribution in [0, 0.1) is 6.92 Å². The molecule has 0 atom stereocenters. The van der Waals surface area contributed by atoms with E-state index in [0.29, 0.717) is 18.7 Å². The van der Waals surface area contributed by atoms with Crippen molar-refractivity contribution in [1.82, 2.24) is 9.88 Å². The number of fused-ring (bicyclic) bond motifs is 1. The van der Waals surface area contributed by atoms with Crippen LogP contribution in [0.4, 0.5) is 5.13 Å². The molecule has 0 fully saturated rings. The molecule has 0 radical (unpaired) electrons. The van der Waals surface area contributed by atoms with E-state index in [1.54, 1.807) is 11.3 Å². The number of thiazole rings is 1. The van der Waals surface area contributed by atoms with Crippen LogP contribution < -0.4 is 9.64 Å². The molecular formula is C25H34ClN3O2S. The van der Waals surface area contributed by atoms with Gasteiger partial charge in [-0.2, -0.15) is 0 Å². The number of aryl methyl sites for hydroxylation is 1. The van der Waals surface area contributed by atoms with Gasteiger partial charge in [0.1, 0.15) is 5.75 Å². The number of unbranched alkanes of at least 4 members (excludes halogenated alkanes) is 1. The van der Waals surface area contributed by atoms with Crippen molar-refractivity contribution >= 4 is 45.0 Å². The van der Waals surface area contributed by atoms with E-state index in [2.05, 4.69) is 44.7 Å². The number of hydrogen-bond donors (Lipinski definition) is 0. The standard InChI is InChI=1S/C25H33N3O2S.ClH/c1-5-8-18-30-21-14-12-20(13-15-21)24(29)28(17-16-27(6-2)7-3)25-26-23-19(4)10-9-11-22(23)31-25;/h9-15H,5-8,16-18H2,1-4H3;1H. The largest absolute Gasteiger partial charge is 0.494 e. The molecule has 32 heavy (non-hydrogen) atoms. The highest BCUT2D eigenvalue weighted by Gasteiger charge is 2.22. The van der Waals surface area contributed by atoms with E-state index >= 15 is 0 Å². The monoisotopic (exact) mass is 475 g/mol. The van der Waals surface area contributed by atoms with Crippen LogP contribution in [-0.4, -0.2) is 48.6 Å². The molecule has 0 unspecified atom stereocenters. The second-order valence-electron chi connectivity index (χ2n) is 7.63. The van der Waals surface area contributed by atoms with E-state index < -0.39 is 0 Å². The number of aromatic nitrogens is 1. The maximum atomic E-state index is 13.5. The SMILES string of the molecule is CCCCOc1ccc(C(=O)N(CCN(CC)CC)c2nc3c(C)cccc3s2)cc1.Cl. The Kier molecular flexibility index (Phi) is 10.4. The van der Waals surface area contributed by atoms with Crippen molar-refractivity contribution in [2.24, 2.45) is 0 Å². The minimum atomic E-state index is -0.0241. The van der Waals surface area contributed by atoms with Crippen LogP contribution in [0.2, 0.25) is 0 Å². The van der Waals surface area contributed by atoms with Crippen LogP contribution in [0.25, 0.3) is 10.2 Å². The molecular weight excluding hydrogens is 442 g/mol. The third kappa shape index (κ3) is 6.44. The zero-order valence-electron chi connectivity index (χ0n) is 19.5. The molecule has 3 rings (SSSR count). The van der Waals surface area contributed by atoms with Gasteiger partial charge in [-0.15, -0.1) is 12.4 Å². The molecule has 0 aliphatic heterocycles. The lowest BCUT2D eigenvalue weighted by atomic mass is 10.2. The number of hydrogen-bond acceptors (Lipinski definition) is 5. The zero-order chi connectivity index (χ0) is 22.2. The van der Waals surface area contributed by atoms with Crippen LogP contribution in [-0.2, 0) is 0 Å². The highest BCUT2D eigenvalue weighted by Crippen LogP contribution is 2.31. The van der Waals surface area contributed by atoms with Crippen molar-refractivity contribution in [3.63, 3.8) is 0 Å². The fourth-order valence-corrected chi connectivity index (χ4v) is 4.51. The maximum Gasteiger partial charge on any atom is 0.260 e. The average Bonchev–Trinajstić information content (AvgIpc) is 3.22. The Bertz CT molecular complexity index is 987. The molecule has 1 amide bonds. The van der Waals surface area contributed by atoms with Crippen molar-refractivity contribution in [2.45, 2.75) is 40.5 Å². The first-order chi connectivity index (χ1) is 15.1. The van der Waals surface area contributed by atoms with E-state index in [9.17, 15) is 4.79 Å². The van der Waals surface area contributed by atoms with Crippen LogP contribution in [0.1, 0.15) is 49.5 Å². The molecule has 0 spiro atoms. The number of ether oxygens (including phenoxy) is 1. The van der Waals surface area contributed by atoms with Crippen molar-refractivity contribution in [1.29, 1.82) is 0 Å². The van der Waals surface area contributed by atoms with Gasteiger partial charge < -0.3 is 9.64 Å². The Morgan fingerprint density at radius 2 is 1.75 bits per heavy atom. The van der Waals surface area contributed by atoms with Crippen LogP contribution in [0.15, 0.2) is 42.5 Å². The number of halogens is 1. The van der Waals surface area contributed by atoms with Gasteiger partial charge in [0.15, 0.2) is 5.13 Å². The molecule has 1 aromatic heterocycles. The van der Waals surface area contributed by atoms with E-state index in [1.165, 1.54) is 0 Å². The molecule has 0 saturated carbocycles. The first kappa shape index (κ1) is 26.1. The fraction of sp³-hybridized carbons (Fsp3) is 0.440. The third-order valence-corrected chi connectivity index (χ3v) is 6.53. The Balaban J connectivity index is 0.00000363. The number of anilines is 1. The Labute approximate surface area is 201 Å². The summed E-state index contributed by atoms with van der Waals surface area (Å²) in [7, 11) is 0. The number of rotatable bonds is 11. The van der Waals surface area contributed by atoms with Gasteiger partial charge in [0.2, 0.25) is 0 Å². The lowest BCUT2D eigenvalue weighted by Gasteiger charge is -2.24. The number of likely N-dealkylation sites (N-methyl/N-ethyl adjacent to an activating group) is 1. The van der Waals surface area contributed by atoms with Gasteiger partial charge in [-0.1, -0.05) is 50.7 Å². The van der Waals surface area contributed by atoms with Crippen molar-refractivity contribution in [3.8, 4) is 5.75 Å². The summed E-state index contributed by atoms with van der Waals surface area (Å²) in [6.07, 6.45) is 2.12. The predicted molar refractivity (Wildman–Crippen MR) is 138 cm³/mol. The number of benzene rings is 2. The molecule has 2 aromatic carbocycles. The Morgan fingerprint density at radius 1 is 1.03 bits per heavy atom. The summed E-state index contributed by atoms with van der Waals surface area (Å²) in [6, 6.07) is 13.6. The Morgan fingerprint density at radius 3 is 2.38 bits per heavy atom. The predicted octanol–water partition coefficient (Wildman–Crippen LogP) is 6.19. The molecule has 5 nitrogen and oxygen atoms in total. The minimum absolute atomic E-state index is 0. The number of carbonyl (C=O) groups is 1. The van der Waals surface area contributed by atoms with Crippen molar-refractivity contribution in [2.75, 3.05) is 37.7 Å². The van der Waals surface area contributed by atoms with Gasteiger partial charge >= 0.3 is 0 Å². The van der Waals surface area contributed by atoms with Gasteiger partial charge in [-0.3, -0.25) is 9.69 Å². The van der Waals surface area contributed by atoms with Crippen LogP contribution in [0.3, 0.4) is 0 Å². The molecule has 174 valence electrons. The quantitative estimate of drug-likeness (QED) is 0.310. The zero-order valence-corrected chi connectivity index (χ0v) is 21.1. The van der Waals surface area contributed by atoms with Crippen LogP contribution in [0.5, 0.6) is 5.75 Å². The number of carbonyl (C=O) groups excluding carboxylic acids is 1. The van der Waals surface area contributed by atoms with E-state index in [-0.39, 0.29) is 18.3 Å². The van der Waals surface area contributed by atoms with Gasteiger partial charge in [0, 0.05) is 18.7 Å². The molecule has 1 heterocycles. The summed E-state index contributed by atoms with van der Waals surface area (Å²) >= 11 is 1.58. The first-order valence-corrected chi connectivity index (χ1v) is 12.0. The summed E-state index contributed by atoms with van der Waals surface area (Å²) in [5.41, 5.74) is 2.76. The lowest BCUT2D eigenvalue weighted by Crippen LogP contribution is -2.38. The summed E-state index contributed by atoms with van der Waals surface area (Å²) in [5.74, 6) is 0.777. The van der Waals surface area contributed by atoms with Crippen molar-refractivity contribution in [3.05, 3.63) is 53.6 Å². The topological polar surface area (TPSA) is 45.7 Å². The number of para-hydroxylation sites is 1. The minimum Gasteiger partial charge on any atom is -0.494 e. The highest BCUT2D eigenvalue weighted by molar-refractivity contribution is 7.22. The maximum absolute atomic E-state index is 13.5. The highest BCUT2D eigenvalue weighted by atomic mass is 35.5. The third-order valence-electron chi connectivity index (χ3n) is 5.49. The number of nitrogens with zero attached hydrogens (tertiary/aromatic N) is 3. The second-order valence-corrected chi connectivity index (χ2v) is 8.64. The summed E-state index contributed by atoms with van der Waals surface area (Å²) in [5, 5.41) is 0.754. The lowest BCUT2D eigenvalue weighted by molar-refractivity contribution is 0.0983. The van der Waals surface area contributed by atoms with E-state index in [1.807, 2.05) is 35.2 Å². The molecule has 0 bridgehead atoms. The van der Waals surface area contributed by atoms with E-state index in [0.717, 1.165) is 59.1 Å².